The van der Waals surface area contributed by atoms with Crippen molar-refractivity contribution < 1.29 is 29.0 Å². The average molecular weight is 510 g/mol. The first-order valence-electron chi connectivity index (χ1n) is 12.2. The number of nitrogens with one attached hydrogen (secondary N) is 2. The van der Waals surface area contributed by atoms with Gasteiger partial charge in [-0.05, 0) is 75.1 Å². The smallest absolute Gasteiger partial charge is 0.408 e. The van der Waals surface area contributed by atoms with Crippen LogP contribution in [0.5, 0.6) is 5.75 Å². The first-order chi connectivity index (χ1) is 17.6. The molecule has 1 aliphatic carbocycles. The van der Waals surface area contributed by atoms with E-state index in [0.717, 1.165) is 5.56 Å². The number of nitrogens with zero attached hydrogens (tertiary/aromatic N) is 1. The van der Waals surface area contributed by atoms with Crippen molar-refractivity contribution >= 4 is 29.7 Å². The van der Waals surface area contributed by atoms with Gasteiger partial charge in [-0.1, -0.05) is 30.9 Å². The Morgan fingerprint density at radius 1 is 1.16 bits per heavy atom. The van der Waals surface area contributed by atoms with Crippen molar-refractivity contribution in [1.29, 1.82) is 0 Å². The summed E-state index contributed by atoms with van der Waals surface area (Å²) in [6, 6.07) is 11.5. The van der Waals surface area contributed by atoms with Gasteiger partial charge in [0, 0.05) is 11.7 Å². The van der Waals surface area contributed by atoms with Crippen LogP contribution in [0.3, 0.4) is 0 Å². The van der Waals surface area contributed by atoms with E-state index in [1.54, 1.807) is 76.4 Å². The normalized spacial score (nSPS) is 14.6. The Labute approximate surface area is 217 Å². The molecular weight excluding hydrogens is 474 g/mol. The highest BCUT2D eigenvalue weighted by Crippen LogP contribution is 2.36. The van der Waals surface area contributed by atoms with Crippen LogP contribution in [0.15, 0.2) is 55.1 Å². The van der Waals surface area contributed by atoms with Crippen molar-refractivity contribution in [2.45, 2.75) is 57.3 Å². The third-order valence-electron chi connectivity index (χ3n) is 5.71. The molecule has 0 bridgehead atoms. The summed E-state index contributed by atoms with van der Waals surface area (Å²) in [5.74, 6) is -0.364. The lowest BCUT2D eigenvalue weighted by Crippen LogP contribution is -2.54. The molecule has 0 spiro atoms. The van der Waals surface area contributed by atoms with Crippen molar-refractivity contribution in [2.75, 3.05) is 19.0 Å². The van der Waals surface area contributed by atoms with Gasteiger partial charge in [0.25, 0.3) is 5.91 Å². The first-order valence-corrected chi connectivity index (χ1v) is 12.2. The summed E-state index contributed by atoms with van der Waals surface area (Å²) in [5, 5.41) is 15.3. The summed E-state index contributed by atoms with van der Waals surface area (Å²) in [7, 11) is 1.55. The van der Waals surface area contributed by atoms with Crippen LogP contribution in [0.4, 0.5) is 10.5 Å². The Bertz CT molecular complexity index is 1120. The van der Waals surface area contributed by atoms with Gasteiger partial charge in [0.2, 0.25) is 5.91 Å². The zero-order valence-electron chi connectivity index (χ0n) is 21.7. The SMILES string of the molecule is C=Cc1cccc(C(C(=O)Nc2ccc(OC)cc2)N(C(=O)C(CO)NC(=O)OC(C)(C)C)C2CC2)c1. The minimum Gasteiger partial charge on any atom is -0.497 e. The molecule has 1 saturated carbocycles. The van der Waals surface area contributed by atoms with Gasteiger partial charge < -0.3 is 30.1 Å². The molecule has 0 heterocycles. The Balaban J connectivity index is 1.95. The lowest BCUT2D eigenvalue weighted by Gasteiger charge is -2.34. The van der Waals surface area contributed by atoms with E-state index in [-0.39, 0.29) is 6.04 Å². The van der Waals surface area contributed by atoms with Gasteiger partial charge in [0.1, 0.15) is 23.4 Å². The lowest BCUT2D eigenvalue weighted by atomic mass is 10.00. The molecule has 2 atom stereocenters. The van der Waals surface area contributed by atoms with Crippen molar-refractivity contribution in [1.82, 2.24) is 10.2 Å². The van der Waals surface area contributed by atoms with Crippen LogP contribution in [-0.2, 0) is 14.3 Å². The molecule has 1 aliphatic rings. The van der Waals surface area contributed by atoms with E-state index in [0.29, 0.717) is 29.8 Å². The van der Waals surface area contributed by atoms with Crippen LogP contribution >= 0.6 is 0 Å². The molecular formula is C28H35N3O6. The number of aliphatic hydroxyl groups is 1. The second-order valence-corrected chi connectivity index (χ2v) is 9.85. The number of amides is 3. The van der Waals surface area contributed by atoms with Crippen LogP contribution in [0.25, 0.3) is 6.08 Å². The van der Waals surface area contributed by atoms with Gasteiger partial charge in [-0.25, -0.2) is 4.79 Å². The molecule has 37 heavy (non-hydrogen) atoms. The van der Waals surface area contributed by atoms with Crippen LogP contribution in [0, 0.1) is 0 Å². The van der Waals surface area contributed by atoms with E-state index in [1.165, 1.54) is 4.90 Å². The van der Waals surface area contributed by atoms with E-state index < -0.39 is 42.2 Å². The van der Waals surface area contributed by atoms with Crippen LogP contribution in [0.2, 0.25) is 0 Å². The van der Waals surface area contributed by atoms with E-state index in [1.807, 2.05) is 6.07 Å². The van der Waals surface area contributed by atoms with Gasteiger partial charge in [-0.2, -0.15) is 0 Å². The Hall–Kier alpha value is -3.85. The number of methoxy groups -OCH3 is 1. The van der Waals surface area contributed by atoms with Crippen LogP contribution in [0.1, 0.15) is 50.8 Å². The molecule has 1 fully saturated rings. The predicted octanol–water partition coefficient (Wildman–Crippen LogP) is 3.89. The van der Waals surface area contributed by atoms with Gasteiger partial charge in [0.15, 0.2) is 0 Å². The molecule has 0 radical (unpaired) electrons. The number of aliphatic hydroxyl groups excluding tert-OH is 1. The highest BCUT2D eigenvalue weighted by molar-refractivity contribution is 5.99. The Morgan fingerprint density at radius 3 is 2.38 bits per heavy atom. The highest BCUT2D eigenvalue weighted by atomic mass is 16.6. The number of rotatable bonds is 10. The van der Waals surface area contributed by atoms with Gasteiger partial charge in [-0.15, -0.1) is 0 Å². The molecule has 2 unspecified atom stereocenters. The number of alkyl carbamates (subject to hydrolysis) is 1. The first kappa shape index (κ1) is 27.7. The molecule has 9 heteroatoms. The fourth-order valence-corrected chi connectivity index (χ4v) is 3.87. The third-order valence-corrected chi connectivity index (χ3v) is 5.71. The van der Waals surface area contributed by atoms with Crippen LogP contribution < -0.4 is 15.4 Å². The number of anilines is 1. The molecule has 3 rings (SSSR count). The van der Waals surface area contributed by atoms with E-state index in [2.05, 4.69) is 17.2 Å². The second-order valence-electron chi connectivity index (χ2n) is 9.85. The van der Waals surface area contributed by atoms with E-state index >= 15 is 0 Å². The summed E-state index contributed by atoms with van der Waals surface area (Å²) in [6.45, 7) is 8.25. The maximum absolute atomic E-state index is 13.7. The average Bonchev–Trinajstić information content (AvgIpc) is 3.70. The maximum atomic E-state index is 13.7. The second kappa shape index (κ2) is 11.9. The minimum absolute atomic E-state index is 0.221. The summed E-state index contributed by atoms with van der Waals surface area (Å²) >= 11 is 0. The number of carbonyl (C=O) groups is 3. The number of benzene rings is 2. The lowest BCUT2D eigenvalue weighted by molar-refractivity contribution is -0.142. The highest BCUT2D eigenvalue weighted by Gasteiger charge is 2.44. The molecule has 0 aliphatic heterocycles. The Kier molecular flexibility index (Phi) is 8.94. The molecule has 2 aromatic carbocycles. The molecule has 198 valence electrons. The minimum atomic E-state index is -1.28. The standard InChI is InChI=1S/C28H35N3O6/c1-6-18-8-7-9-19(16-18)24(25(33)29-20-10-14-22(36-5)15-11-20)31(21-12-13-21)26(34)23(17-32)30-27(35)37-28(2,3)4/h6-11,14-16,21,23-24,32H,1,12-13,17H2,2-5H3,(H,29,33)(H,30,35). The van der Waals surface area contributed by atoms with Crippen LogP contribution in [-0.4, -0.2) is 59.3 Å². The molecule has 9 nitrogen and oxygen atoms in total. The van der Waals surface area contributed by atoms with Crippen molar-refractivity contribution in [3.8, 4) is 5.75 Å². The summed E-state index contributed by atoms with van der Waals surface area (Å²) in [4.78, 5) is 41.3. The fourth-order valence-electron chi connectivity index (χ4n) is 3.87. The van der Waals surface area contributed by atoms with E-state index in [4.69, 9.17) is 9.47 Å². The summed E-state index contributed by atoms with van der Waals surface area (Å²) in [5.41, 5.74) is 1.12. The molecule has 0 saturated heterocycles. The topological polar surface area (TPSA) is 117 Å². The summed E-state index contributed by atoms with van der Waals surface area (Å²) in [6.07, 6.45) is 2.22. The fraction of sp³-hybridized carbons (Fsp3) is 0.393. The number of hydrogen-bond donors (Lipinski definition) is 3. The number of ether oxygens (including phenoxy) is 2. The van der Waals surface area contributed by atoms with Gasteiger partial charge in [-0.3, -0.25) is 9.59 Å². The van der Waals surface area contributed by atoms with Crippen molar-refractivity contribution in [2.24, 2.45) is 0 Å². The van der Waals surface area contributed by atoms with Gasteiger partial charge in [0.05, 0.1) is 13.7 Å². The number of hydrogen-bond acceptors (Lipinski definition) is 6. The predicted molar refractivity (Wildman–Crippen MR) is 141 cm³/mol. The van der Waals surface area contributed by atoms with Crippen molar-refractivity contribution in [3.63, 3.8) is 0 Å². The third kappa shape index (κ3) is 7.57. The number of carbonyl (C=O) groups excluding carboxylic acids is 3. The summed E-state index contributed by atoms with van der Waals surface area (Å²) < 4.78 is 10.4. The maximum Gasteiger partial charge on any atom is 0.408 e. The largest absolute Gasteiger partial charge is 0.497 e. The molecule has 2 aromatic rings. The zero-order valence-corrected chi connectivity index (χ0v) is 21.7. The Morgan fingerprint density at radius 2 is 1.84 bits per heavy atom. The molecule has 0 aromatic heterocycles. The zero-order chi connectivity index (χ0) is 27.2. The molecule has 3 N–H and O–H groups in total. The van der Waals surface area contributed by atoms with E-state index in [9.17, 15) is 19.5 Å². The quantitative estimate of drug-likeness (QED) is 0.447. The monoisotopic (exact) mass is 509 g/mol. The van der Waals surface area contributed by atoms with Gasteiger partial charge >= 0.3 is 6.09 Å². The van der Waals surface area contributed by atoms with Crippen molar-refractivity contribution in [3.05, 3.63) is 66.2 Å². The molecule has 3 amide bonds.